The van der Waals surface area contributed by atoms with Gasteiger partial charge in [-0.2, -0.15) is 0 Å². The normalized spacial score (nSPS) is 17.2. The predicted molar refractivity (Wildman–Crippen MR) is 109 cm³/mol. The van der Waals surface area contributed by atoms with Gasteiger partial charge in [0.15, 0.2) is 0 Å². The minimum atomic E-state index is -3.59. The summed E-state index contributed by atoms with van der Waals surface area (Å²) in [5, 5.41) is 0. The zero-order valence-electron chi connectivity index (χ0n) is 16.4. The minimum absolute atomic E-state index is 0.000428. The summed E-state index contributed by atoms with van der Waals surface area (Å²) in [7, 11) is -3.59. The lowest BCUT2D eigenvalue weighted by Crippen LogP contribution is -2.31. The van der Waals surface area contributed by atoms with Crippen LogP contribution in [0.2, 0.25) is 0 Å². The third-order valence-electron chi connectivity index (χ3n) is 5.02. The number of rotatable bonds is 7. The van der Waals surface area contributed by atoms with Gasteiger partial charge in [-0.25, -0.2) is 13.1 Å². The standard InChI is InChI=1S/C21H26N2O4S/c1-4-27-19-8-6-18(7-9-19)23-14-17(12-21(23)24)13-22-28(25,26)20-10-5-15(2)16(3)11-20/h5-11,17,22H,4,12-14H2,1-3H3. The zero-order chi connectivity index (χ0) is 20.3. The van der Waals surface area contributed by atoms with Crippen LogP contribution in [0.4, 0.5) is 5.69 Å². The molecule has 1 unspecified atom stereocenters. The van der Waals surface area contributed by atoms with Crippen molar-refractivity contribution in [1.82, 2.24) is 4.72 Å². The molecule has 0 bridgehead atoms. The van der Waals surface area contributed by atoms with E-state index in [2.05, 4.69) is 4.72 Å². The van der Waals surface area contributed by atoms with E-state index in [-0.39, 0.29) is 23.3 Å². The Balaban J connectivity index is 1.63. The number of amides is 1. The fourth-order valence-corrected chi connectivity index (χ4v) is 4.45. The highest BCUT2D eigenvalue weighted by Crippen LogP contribution is 2.27. The minimum Gasteiger partial charge on any atom is -0.494 e. The van der Waals surface area contributed by atoms with Gasteiger partial charge >= 0.3 is 0 Å². The maximum atomic E-state index is 12.6. The molecule has 0 radical (unpaired) electrons. The second-order valence-electron chi connectivity index (χ2n) is 7.10. The summed E-state index contributed by atoms with van der Waals surface area (Å²) >= 11 is 0. The number of carbonyl (C=O) groups excluding carboxylic acids is 1. The smallest absolute Gasteiger partial charge is 0.240 e. The maximum Gasteiger partial charge on any atom is 0.240 e. The van der Waals surface area contributed by atoms with E-state index in [1.807, 2.05) is 45.0 Å². The lowest BCUT2D eigenvalue weighted by molar-refractivity contribution is -0.117. The number of sulfonamides is 1. The topological polar surface area (TPSA) is 75.7 Å². The van der Waals surface area contributed by atoms with Crippen molar-refractivity contribution in [1.29, 1.82) is 0 Å². The molecular formula is C21H26N2O4S. The van der Waals surface area contributed by atoms with Crippen molar-refractivity contribution >= 4 is 21.6 Å². The molecule has 150 valence electrons. The van der Waals surface area contributed by atoms with Crippen LogP contribution in [0.15, 0.2) is 47.4 Å². The SMILES string of the molecule is CCOc1ccc(N2CC(CNS(=O)(=O)c3ccc(C)c(C)c3)CC2=O)cc1. The number of nitrogens with one attached hydrogen (secondary N) is 1. The zero-order valence-corrected chi connectivity index (χ0v) is 17.3. The molecule has 2 aromatic rings. The van der Waals surface area contributed by atoms with E-state index in [0.717, 1.165) is 22.6 Å². The number of aryl methyl sites for hydroxylation is 2. The monoisotopic (exact) mass is 402 g/mol. The molecule has 1 amide bonds. The third-order valence-corrected chi connectivity index (χ3v) is 6.44. The largest absolute Gasteiger partial charge is 0.494 e. The molecule has 1 heterocycles. The van der Waals surface area contributed by atoms with Gasteiger partial charge < -0.3 is 9.64 Å². The Hall–Kier alpha value is -2.38. The molecule has 1 atom stereocenters. The molecule has 28 heavy (non-hydrogen) atoms. The highest BCUT2D eigenvalue weighted by Gasteiger charge is 2.31. The second-order valence-corrected chi connectivity index (χ2v) is 8.87. The van der Waals surface area contributed by atoms with Crippen LogP contribution in [0.25, 0.3) is 0 Å². The Morgan fingerprint density at radius 2 is 1.82 bits per heavy atom. The summed E-state index contributed by atoms with van der Waals surface area (Å²) in [6.45, 7) is 7.06. The first kappa shape index (κ1) is 20.4. The van der Waals surface area contributed by atoms with Gasteiger partial charge in [-0.3, -0.25) is 4.79 Å². The van der Waals surface area contributed by atoms with Crippen LogP contribution in [0, 0.1) is 19.8 Å². The summed E-state index contributed by atoms with van der Waals surface area (Å²) in [5.74, 6) is 0.690. The number of hydrogen-bond acceptors (Lipinski definition) is 4. The average molecular weight is 403 g/mol. The first-order chi connectivity index (χ1) is 13.3. The molecule has 0 spiro atoms. The molecule has 1 aliphatic rings. The molecular weight excluding hydrogens is 376 g/mol. The van der Waals surface area contributed by atoms with E-state index < -0.39 is 10.0 Å². The molecule has 1 N–H and O–H groups in total. The number of carbonyl (C=O) groups is 1. The van der Waals surface area contributed by atoms with Crippen LogP contribution in [0.1, 0.15) is 24.5 Å². The molecule has 0 aliphatic carbocycles. The van der Waals surface area contributed by atoms with Crippen molar-refractivity contribution in [3.05, 3.63) is 53.6 Å². The van der Waals surface area contributed by atoms with Gasteiger partial charge in [0.2, 0.25) is 15.9 Å². The van der Waals surface area contributed by atoms with Crippen LogP contribution < -0.4 is 14.4 Å². The van der Waals surface area contributed by atoms with Crippen LogP contribution >= 0.6 is 0 Å². The van der Waals surface area contributed by atoms with E-state index in [9.17, 15) is 13.2 Å². The van der Waals surface area contributed by atoms with Crippen LogP contribution in [-0.4, -0.2) is 34.0 Å². The molecule has 0 saturated carbocycles. The first-order valence-electron chi connectivity index (χ1n) is 9.40. The summed E-state index contributed by atoms with van der Waals surface area (Å²) in [6.07, 6.45) is 0.322. The highest BCUT2D eigenvalue weighted by atomic mass is 32.2. The van der Waals surface area contributed by atoms with E-state index in [0.29, 0.717) is 19.6 Å². The van der Waals surface area contributed by atoms with Gasteiger partial charge in [0.05, 0.1) is 11.5 Å². The maximum absolute atomic E-state index is 12.6. The summed E-state index contributed by atoms with van der Waals surface area (Å²) < 4.78 is 33.2. The van der Waals surface area contributed by atoms with Gasteiger partial charge in [-0.05, 0) is 74.2 Å². The van der Waals surface area contributed by atoms with E-state index in [4.69, 9.17) is 4.74 Å². The average Bonchev–Trinajstić information content (AvgIpc) is 3.04. The number of ether oxygens (including phenoxy) is 1. The van der Waals surface area contributed by atoms with Crippen LogP contribution in [0.3, 0.4) is 0 Å². The fraction of sp³-hybridized carbons (Fsp3) is 0.381. The van der Waals surface area contributed by atoms with Crippen molar-refractivity contribution < 1.29 is 17.9 Å². The third kappa shape index (κ3) is 4.54. The number of anilines is 1. The van der Waals surface area contributed by atoms with Gasteiger partial charge in [-0.1, -0.05) is 6.07 Å². The van der Waals surface area contributed by atoms with E-state index >= 15 is 0 Å². The second kappa shape index (κ2) is 8.32. The molecule has 3 rings (SSSR count). The van der Waals surface area contributed by atoms with Crippen LogP contribution in [-0.2, 0) is 14.8 Å². The van der Waals surface area contributed by atoms with Crippen molar-refractivity contribution in [2.75, 3.05) is 24.6 Å². The van der Waals surface area contributed by atoms with Gasteiger partial charge in [-0.15, -0.1) is 0 Å². The Morgan fingerprint density at radius 3 is 2.46 bits per heavy atom. The molecule has 1 fully saturated rings. The van der Waals surface area contributed by atoms with Gasteiger partial charge in [0.1, 0.15) is 5.75 Å². The van der Waals surface area contributed by atoms with Crippen molar-refractivity contribution in [2.45, 2.75) is 32.1 Å². The molecule has 1 aliphatic heterocycles. The van der Waals surface area contributed by atoms with E-state index in [1.54, 1.807) is 23.1 Å². The van der Waals surface area contributed by atoms with E-state index in [1.165, 1.54) is 0 Å². The van der Waals surface area contributed by atoms with Crippen molar-refractivity contribution in [2.24, 2.45) is 5.92 Å². The Bertz CT molecular complexity index is 955. The first-order valence-corrected chi connectivity index (χ1v) is 10.9. The lowest BCUT2D eigenvalue weighted by atomic mass is 10.1. The van der Waals surface area contributed by atoms with Crippen LogP contribution in [0.5, 0.6) is 5.75 Å². The molecule has 7 heteroatoms. The highest BCUT2D eigenvalue weighted by molar-refractivity contribution is 7.89. The Labute approximate surface area is 166 Å². The van der Waals surface area contributed by atoms with Gasteiger partial charge in [0, 0.05) is 25.2 Å². The summed E-state index contributed by atoms with van der Waals surface area (Å²) in [5.41, 5.74) is 2.78. The van der Waals surface area contributed by atoms with Gasteiger partial charge in [0.25, 0.3) is 0 Å². The molecule has 0 aromatic heterocycles. The quantitative estimate of drug-likeness (QED) is 0.772. The Morgan fingerprint density at radius 1 is 1.11 bits per heavy atom. The number of nitrogens with zero attached hydrogens (tertiary/aromatic N) is 1. The number of benzene rings is 2. The number of hydrogen-bond donors (Lipinski definition) is 1. The van der Waals surface area contributed by atoms with Crippen molar-refractivity contribution in [3.63, 3.8) is 0 Å². The molecule has 2 aromatic carbocycles. The Kier molecular flexibility index (Phi) is 6.05. The molecule has 1 saturated heterocycles. The van der Waals surface area contributed by atoms with Crippen molar-refractivity contribution in [3.8, 4) is 5.75 Å². The summed E-state index contributed by atoms with van der Waals surface area (Å²) in [6, 6.07) is 12.5. The summed E-state index contributed by atoms with van der Waals surface area (Å²) in [4.78, 5) is 14.3. The fourth-order valence-electron chi connectivity index (χ4n) is 3.25. The predicted octanol–water partition coefficient (Wildman–Crippen LogP) is 3.03. The lowest BCUT2D eigenvalue weighted by Gasteiger charge is -2.17. The molecule has 6 nitrogen and oxygen atoms in total.